The molecule has 0 unspecified atom stereocenters. The van der Waals surface area contributed by atoms with Crippen molar-refractivity contribution in [2.24, 2.45) is 0 Å². The number of carbonyl (C=O) groups is 2. The van der Waals surface area contributed by atoms with Gasteiger partial charge in [0, 0.05) is 18.2 Å². The van der Waals surface area contributed by atoms with Crippen molar-refractivity contribution in [2.45, 2.75) is 38.9 Å². The van der Waals surface area contributed by atoms with Gasteiger partial charge in [-0.3, -0.25) is 0 Å². The molecule has 0 saturated carbocycles. The van der Waals surface area contributed by atoms with Crippen LogP contribution in [0.4, 0.5) is 0 Å². The molecular weight excluding hydrogens is 707 g/mol. The van der Waals surface area contributed by atoms with Crippen LogP contribution in [0, 0.1) is 11.3 Å². The predicted octanol–water partition coefficient (Wildman–Crippen LogP) is 9.83. The largest absolute Gasteiger partial charge is 0.494 e. The van der Waals surface area contributed by atoms with E-state index in [0.29, 0.717) is 56.7 Å². The number of nitriles is 1. The zero-order chi connectivity index (χ0) is 39.4. The molecule has 0 fully saturated rings. The summed E-state index contributed by atoms with van der Waals surface area (Å²) in [4.78, 5) is 22.2. The van der Waals surface area contributed by atoms with E-state index in [4.69, 9.17) is 28.4 Å². The Labute approximate surface area is 328 Å². The van der Waals surface area contributed by atoms with Gasteiger partial charge in [0.1, 0.15) is 24.7 Å². The van der Waals surface area contributed by atoms with Crippen LogP contribution < -0.4 is 18.9 Å². The van der Waals surface area contributed by atoms with Gasteiger partial charge in [0.2, 0.25) is 0 Å². The van der Waals surface area contributed by atoms with Gasteiger partial charge in [0.25, 0.3) is 0 Å². The topological polar surface area (TPSA) is 113 Å². The molecule has 0 heterocycles. The highest BCUT2D eigenvalue weighted by Gasteiger charge is 2.10. The zero-order valence-electron chi connectivity index (χ0n) is 31.3. The molecule has 0 bridgehead atoms. The van der Waals surface area contributed by atoms with Crippen molar-refractivity contribution in [2.75, 3.05) is 26.4 Å². The smallest absolute Gasteiger partial charge is 0.330 e. The molecule has 56 heavy (non-hydrogen) atoms. The molecule has 0 atom stereocenters. The van der Waals surface area contributed by atoms with Gasteiger partial charge in [-0.15, -0.1) is 0 Å². The summed E-state index contributed by atoms with van der Waals surface area (Å²) >= 11 is 0. The molecular formula is C47H45NO8. The van der Waals surface area contributed by atoms with E-state index in [1.807, 2.05) is 84.9 Å². The molecule has 0 amide bonds. The molecule has 0 saturated heterocycles. The van der Waals surface area contributed by atoms with E-state index in [9.17, 15) is 14.9 Å². The highest BCUT2D eigenvalue weighted by atomic mass is 16.5. The molecule has 0 aliphatic carbocycles. The maximum absolute atomic E-state index is 11.1. The second-order valence-corrected chi connectivity index (χ2v) is 12.6. The van der Waals surface area contributed by atoms with E-state index in [1.165, 1.54) is 0 Å². The van der Waals surface area contributed by atoms with Crippen molar-refractivity contribution in [3.8, 4) is 51.3 Å². The number of esters is 2. The molecule has 0 spiro atoms. The molecule has 0 aliphatic rings. The summed E-state index contributed by atoms with van der Waals surface area (Å²) in [6.07, 6.45) is 5.31. The van der Waals surface area contributed by atoms with E-state index in [0.717, 1.165) is 82.7 Å². The average molecular weight is 752 g/mol. The highest BCUT2D eigenvalue weighted by Crippen LogP contribution is 2.31. The van der Waals surface area contributed by atoms with Crippen LogP contribution in [0.1, 0.15) is 42.4 Å². The standard InChI is InChI=1S/C47H45NO8/c1-3-46(49)53-29-7-5-27-51-42-22-18-40(19-23-42)38-14-9-35(10-15-38)33-55-44-26-13-37(32-48)31-45(44)56-34-36-11-16-39(17-12-36)41-20-24-43(25-21-41)52-28-6-8-30-54-47(50)4-2/h3-4,9-26,31H,1-2,5-8,27-30,33-34H2. The Balaban J connectivity index is 1.08. The third kappa shape index (κ3) is 13.0. The molecule has 9 heteroatoms. The van der Waals surface area contributed by atoms with Gasteiger partial charge in [-0.05, 0) is 95.5 Å². The minimum absolute atomic E-state index is 0.302. The number of unbranched alkanes of at least 4 members (excludes halogenated alkanes) is 2. The lowest BCUT2D eigenvalue weighted by Gasteiger charge is -2.14. The fourth-order valence-electron chi connectivity index (χ4n) is 5.46. The maximum atomic E-state index is 11.1. The number of hydrogen-bond acceptors (Lipinski definition) is 9. The fraction of sp³-hybridized carbons (Fsp3) is 0.213. The van der Waals surface area contributed by atoms with Crippen LogP contribution in [0.15, 0.2) is 141 Å². The summed E-state index contributed by atoms with van der Waals surface area (Å²) in [7, 11) is 0. The summed E-state index contributed by atoms with van der Waals surface area (Å²) in [5, 5.41) is 9.53. The Morgan fingerprint density at radius 3 is 1.30 bits per heavy atom. The van der Waals surface area contributed by atoms with Gasteiger partial charge in [-0.25, -0.2) is 9.59 Å². The molecule has 0 N–H and O–H groups in total. The summed E-state index contributed by atoms with van der Waals surface area (Å²) in [6, 6.07) is 39.5. The quantitative estimate of drug-likeness (QED) is 0.0387. The summed E-state index contributed by atoms with van der Waals surface area (Å²) < 4.78 is 34.0. The van der Waals surface area contributed by atoms with Crippen LogP contribution >= 0.6 is 0 Å². The minimum atomic E-state index is -0.411. The van der Waals surface area contributed by atoms with Crippen molar-refractivity contribution in [3.05, 3.63) is 157 Å². The van der Waals surface area contributed by atoms with Gasteiger partial charge in [-0.1, -0.05) is 86.0 Å². The summed E-state index contributed by atoms with van der Waals surface area (Å²) in [5.41, 5.74) is 6.70. The Morgan fingerprint density at radius 2 is 0.893 bits per heavy atom. The molecule has 0 radical (unpaired) electrons. The number of benzene rings is 5. The number of hydrogen-bond donors (Lipinski definition) is 0. The van der Waals surface area contributed by atoms with Gasteiger partial charge >= 0.3 is 11.9 Å². The zero-order valence-corrected chi connectivity index (χ0v) is 31.3. The molecule has 5 rings (SSSR count). The lowest BCUT2D eigenvalue weighted by Crippen LogP contribution is -2.04. The predicted molar refractivity (Wildman–Crippen MR) is 215 cm³/mol. The SMILES string of the molecule is C=CC(=O)OCCCCOc1ccc(-c2ccc(COc3ccc(C#N)cc3OCc3ccc(-c4ccc(OCCCCOC(=O)C=C)cc4)cc3)cc2)cc1. The second kappa shape index (κ2) is 21.8. The lowest BCUT2D eigenvalue weighted by atomic mass is 10.0. The van der Waals surface area contributed by atoms with Crippen LogP contribution in [0.2, 0.25) is 0 Å². The molecule has 5 aromatic rings. The number of nitrogens with zero attached hydrogens (tertiary/aromatic N) is 1. The van der Waals surface area contributed by atoms with Gasteiger partial charge in [-0.2, -0.15) is 5.26 Å². The van der Waals surface area contributed by atoms with E-state index in [2.05, 4.69) is 31.4 Å². The molecule has 0 aliphatic heterocycles. The van der Waals surface area contributed by atoms with Crippen LogP contribution in [0.25, 0.3) is 22.3 Å². The van der Waals surface area contributed by atoms with Gasteiger partial charge in [0.15, 0.2) is 11.5 Å². The number of ether oxygens (including phenoxy) is 6. The van der Waals surface area contributed by atoms with E-state index >= 15 is 0 Å². The normalized spacial score (nSPS) is 10.4. The second-order valence-electron chi connectivity index (χ2n) is 12.6. The molecule has 5 aromatic carbocycles. The molecule has 0 aromatic heterocycles. The maximum Gasteiger partial charge on any atom is 0.330 e. The highest BCUT2D eigenvalue weighted by molar-refractivity contribution is 5.81. The van der Waals surface area contributed by atoms with Crippen molar-refractivity contribution >= 4 is 11.9 Å². The van der Waals surface area contributed by atoms with Gasteiger partial charge < -0.3 is 28.4 Å². The van der Waals surface area contributed by atoms with Crippen molar-refractivity contribution < 1.29 is 38.0 Å². The van der Waals surface area contributed by atoms with E-state index in [1.54, 1.807) is 18.2 Å². The molecule has 9 nitrogen and oxygen atoms in total. The Morgan fingerprint density at radius 1 is 0.500 bits per heavy atom. The van der Waals surface area contributed by atoms with Crippen molar-refractivity contribution in [1.29, 1.82) is 5.26 Å². The van der Waals surface area contributed by atoms with Crippen molar-refractivity contribution in [1.82, 2.24) is 0 Å². The van der Waals surface area contributed by atoms with E-state index in [-0.39, 0.29) is 0 Å². The number of carbonyl (C=O) groups excluding carboxylic acids is 2. The Kier molecular flexibility index (Phi) is 15.7. The molecule has 286 valence electrons. The minimum Gasteiger partial charge on any atom is -0.494 e. The van der Waals surface area contributed by atoms with E-state index < -0.39 is 11.9 Å². The monoisotopic (exact) mass is 751 g/mol. The number of rotatable bonds is 22. The Hall–Kier alpha value is -6.79. The van der Waals surface area contributed by atoms with Crippen LogP contribution in [-0.4, -0.2) is 38.4 Å². The first kappa shape index (κ1) is 40.4. The first-order chi connectivity index (χ1) is 27.4. The average Bonchev–Trinajstić information content (AvgIpc) is 3.25. The third-order valence-electron chi connectivity index (χ3n) is 8.58. The van der Waals surface area contributed by atoms with Crippen molar-refractivity contribution in [3.63, 3.8) is 0 Å². The lowest BCUT2D eigenvalue weighted by molar-refractivity contribution is -0.138. The van der Waals surface area contributed by atoms with Crippen LogP contribution in [0.3, 0.4) is 0 Å². The summed E-state index contributed by atoms with van der Waals surface area (Å²) in [5.74, 6) is 1.79. The van der Waals surface area contributed by atoms with Gasteiger partial charge in [0.05, 0.1) is 38.1 Å². The third-order valence-corrected chi connectivity index (χ3v) is 8.58. The first-order valence-electron chi connectivity index (χ1n) is 18.5. The van der Waals surface area contributed by atoms with Crippen LogP contribution in [0.5, 0.6) is 23.0 Å². The Bertz CT molecular complexity index is 2070. The fourth-order valence-corrected chi connectivity index (χ4v) is 5.46. The summed E-state index contributed by atoms with van der Waals surface area (Å²) in [6.45, 7) is 9.17. The first-order valence-corrected chi connectivity index (χ1v) is 18.5. The van der Waals surface area contributed by atoms with Crippen LogP contribution in [-0.2, 0) is 32.3 Å².